The monoisotopic (exact) mass is 390 g/mol. The molecule has 2 aromatic carbocycles. The van der Waals surface area contributed by atoms with Gasteiger partial charge in [-0.2, -0.15) is 0 Å². The largest absolute Gasteiger partial charge is 0.496 e. The molecule has 0 aliphatic carbocycles. The first-order valence-corrected chi connectivity index (χ1v) is 10.5. The molecule has 27 heavy (non-hydrogen) atoms. The van der Waals surface area contributed by atoms with Gasteiger partial charge in [0.2, 0.25) is 0 Å². The predicted molar refractivity (Wildman–Crippen MR) is 107 cm³/mol. The average molecular weight is 391 g/mol. The fourth-order valence-corrected chi connectivity index (χ4v) is 4.47. The molecule has 146 valence electrons. The smallest absolute Gasteiger partial charge is 0.261 e. The number of methoxy groups -OCH3 is 2. The Morgan fingerprint density at radius 2 is 1.70 bits per heavy atom. The number of hydrogen-bond donors (Lipinski definition) is 1. The van der Waals surface area contributed by atoms with Crippen LogP contribution in [0.2, 0.25) is 0 Å². The van der Waals surface area contributed by atoms with Crippen LogP contribution in [0.1, 0.15) is 18.4 Å². The van der Waals surface area contributed by atoms with Gasteiger partial charge in [-0.05, 0) is 67.8 Å². The maximum Gasteiger partial charge on any atom is 0.261 e. The number of hydrogen-bond acceptors (Lipinski definition) is 5. The van der Waals surface area contributed by atoms with E-state index in [0.717, 1.165) is 37.2 Å². The quantitative estimate of drug-likeness (QED) is 0.819. The van der Waals surface area contributed by atoms with Gasteiger partial charge in [0.05, 0.1) is 18.1 Å². The van der Waals surface area contributed by atoms with Crippen LogP contribution in [0.25, 0.3) is 0 Å². The number of piperidine rings is 1. The van der Waals surface area contributed by atoms with E-state index in [4.69, 9.17) is 9.47 Å². The number of nitrogens with zero attached hydrogens (tertiary/aromatic N) is 1. The Balaban J connectivity index is 1.69. The van der Waals surface area contributed by atoms with E-state index in [1.807, 2.05) is 19.1 Å². The topological polar surface area (TPSA) is 67.9 Å². The Morgan fingerprint density at radius 1 is 1.04 bits per heavy atom. The first-order chi connectivity index (χ1) is 12.9. The van der Waals surface area contributed by atoms with Crippen LogP contribution in [0.15, 0.2) is 47.4 Å². The van der Waals surface area contributed by atoms with Gasteiger partial charge in [0.25, 0.3) is 10.0 Å². The number of sulfonamides is 1. The summed E-state index contributed by atoms with van der Waals surface area (Å²) in [4.78, 5) is 2.51. The molecule has 0 bridgehead atoms. The van der Waals surface area contributed by atoms with Crippen LogP contribution in [0.5, 0.6) is 5.75 Å². The lowest BCUT2D eigenvalue weighted by molar-refractivity contribution is 0.0819. The fourth-order valence-electron chi connectivity index (χ4n) is 3.32. The van der Waals surface area contributed by atoms with E-state index in [0.29, 0.717) is 17.5 Å². The molecule has 0 atom stereocenters. The summed E-state index contributed by atoms with van der Waals surface area (Å²) in [6.45, 7) is 3.70. The minimum atomic E-state index is -3.64. The highest BCUT2D eigenvalue weighted by Gasteiger charge is 2.19. The first-order valence-electron chi connectivity index (χ1n) is 8.98. The molecule has 2 aromatic rings. The summed E-state index contributed by atoms with van der Waals surface area (Å²) >= 11 is 0. The van der Waals surface area contributed by atoms with E-state index in [9.17, 15) is 8.42 Å². The van der Waals surface area contributed by atoms with Crippen molar-refractivity contribution in [2.24, 2.45) is 0 Å². The van der Waals surface area contributed by atoms with Crippen LogP contribution in [-0.2, 0) is 14.8 Å². The summed E-state index contributed by atoms with van der Waals surface area (Å²) in [6, 6.07) is 12.3. The molecule has 1 fully saturated rings. The molecule has 0 aromatic heterocycles. The number of benzene rings is 2. The summed E-state index contributed by atoms with van der Waals surface area (Å²) in [6.07, 6.45) is 2.34. The summed E-state index contributed by atoms with van der Waals surface area (Å²) in [7, 11) is -0.326. The Morgan fingerprint density at radius 3 is 2.26 bits per heavy atom. The summed E-state index contributed by atoms with van der Waals surface area (Å²) < 4.78 is 38.5. The van der Waals surface area contributed by atoms with Crippen molar-refractivity contribution in [1.82, 2.24) is 0 Å². The number of aryl methyl sites for hydroxylation is 1. The zero-order valence-corrected chi connectivity index (χ0v) is 16.8. The predicted octanol–water partition coefficient (Wildman–Crippen LogP) is 3.42. The third kappa shape index (κ3) is 4.54. The van der Waals surface area contributed by atoms with Gasteiger partial charge >= 0.3 is 0 Å². The molecular weight excluding hydrogens is 364 g/mol. The highest BCUT2D eigenvalue weighted by Crippen LogP contribution is 2.26. The second-order valence-corrected chi connectivity index (χ2v) is 8.39. The van der Waals surface area contributed by atoms with Crippen molar-refractivity contribution < 1.29 is 17.9 Å². The fraction of sp³-hybridized carbons (Fsp3) is 0.400. The molecule has 1 aliphatic heterocycles. The average Bonchev–Trinajstić information content (AvgIpc) is 2.68. The molecule has 0 amide bonds. The third-order valence-electron chi connectivity index (χ3n) is 4.94. The first kappa shape index (κ1) is 19.5. The van der Waals surface area contributed by atoms with Crippen molar-refractivity contribution >= 4 is 21.4 Å². The van der Waals surface area contributed by atoms with Crippen LogP contribution in [0.4, 0.5) is 11.4 Å². The number of anilines is 2. The SMILES string of the molecule is COc1ccc(S(=O)(=O)Nc2ccc(N3CCC(OC)CC3)cc2)cc1C. The maximum atomic E-state index is 12.6. The van der Waals surface area contributed by atoms with E-state index in [1.165, 1.54) is 0 Å². The molecule has 0 spiro atoms. The maximum absolute atomic E-state index is 12.6. The van der Waals surface area contributed by atoms with Crippen LogP contribution >= 0.6 is 0 Å². The second-order valence-electron chi connectivity index (χ2n) is 6.71. The van der Waals surface area contributed by atoms with E-state index >= 15 is 0 Å². The van der Waals surface area contributed by atoms with Gasteiger partial charge in [0.15, 0.2) is 0 Å². The second kappa shape index (κ2) is 8.19. The molecule has 3 rings (SSSR count). The van der Waals surface area contributed by atoms with Gasteiger partial charge in [0.1, 0.15) is 5.75 Å². The lowest BCUT2D eigenvalue weighted by atomic mass is 10.1. The molecule has 7 heteroatoms. The van der Waals surface area contributed by atoms with Gasteiger partial charge in [0, 0.05) is 31.6 Å². The molecular formula is C20H26N2O4S. The van der Waals surface area contributed by atoms with Crippen molar-refractivity contribution in [2.75, 3.05) is 36.9 Å². The highest BCUT2D eigenvalue weighted by molar-refractivity contribution is 7.92. The standard InChI is InChI=1S/C20H26N2O4S/c1-15-14-19(8-9-20(15)26-3)27(23,24)21-16-4-6-17(7-5-16)22-12-10-18(25-2)11-13-22/h4-9,14,18,21H,10-13H2,1-3H3. The zero-order chi connectivity index (χ0) is 19.4. The van der Waals surface area contributed by atoms with Crippen molar-refractivity contribution in [2.45, 2.75) is 30.8 Å². The van der Waals surface area contributed by atoms with Gasteiger partial charge < -0.3 is 14.4 Å². The molecule has 6 nitrogen and oxygen atoms in total. The van der Waals surface area contributed by atoms with E-state index in [2.05, 4.69) is 9.62 Å². The van der Waals surface area contributed by atoms with Crippen molar-refractivity contribution in [3.8, 4) is 5.75 Å². The molecule has 0 radical (unpaired) electrons. The molecule has 1 saturated heterocycles. The van der Waals surface area contributed by atoms with Crippen molar-refractivity contribution in [3.63, 3.8) is 0 Å². The summed E-state index contributed by atoms with van der Waals surface area (Å²) in [5.74, 6) is 0.663. The molecule has 0 saturated carbocycles. The van der Waals surface area contributed by atoms with Gasteiger partial charge in [-0.1, -0.05) is 0 Å². The van der Waals surface area contributed by atoms with Crippen LogP contribution < -0.4 is 14.4 Å². The number of nitrogens with one attached hydrogen (secondary N) is 1. The van der Waals surface area contributed by atoms with Crippen LogP contribution in [0.3, 0.4) is 0 Å². The lowest BCUT2D eigenvalue weighted by Crippen LogP contribution is -2.36. The Labute approximate surface area is 161 Å². The van der Waals surface area contributed by atoms with Gasteiger partial charge in [-0.3, -0.25) is 4.72 Å². The van der Waals surface area contributed by atoms with Gasteiger partial charge in [-0.25, -0.2) is 8.42 Å². The minimum Gasteiger partial charge on any atom is -0.496 e. The number of ether oxygens (including phenoxy) is 2. The normalized spacial score (nSPS) is 15.6. The molecule has 1 heterocycles. The third-order valence-corrected chi connectivity index (χ3v) is 6.32. The molecule has 0 unspecified atom stereocenters. The summed E-state index contributed by atoms with van der Waals surface area (Å²) in [5.41, 5.74) is 2.40. The zero-order valence-electron chi connectivity index (χ0n) is 15.9. The lowest BCUT2D eigenvalue weighted by Gasteiger charge is -2.33. The van der Waals surface area contributed by atoms with Crippen LogP contribution in [0, 0.1) is 6.92 Å². The number of rotatable bonds is 6. The van der Waals surface area contributed by atoms with Gasteiger partial charge in [-0.15, -0.1) is 0 Å². The van der Waals surface area contributed by atoms with Crippen molar-refractivity contribution in [1.29, 1.82) is 0 Å². The Kier molecular flexibility index (Phi) is 5.92. The molecule has 1 N–H and O–H groups in total. The van der Waals surface area contributed by atoms with E-state index in [-0.39, 0.29) is 4.90 Å². The van der Waals surface area contributed by atoms with E-state index < -0.39 is 10.0 Å². The summed E-state index contributed by atoms with van der Waals surface area (Å²) in [5, 5.41) is 0. The Bertz CT molecular complexity index is 873. The Hall–Kier alpha value is -2.25. The van der Waals surface area contributed by atoms with Crippen LogP contribution in [-0.4, -0.2) is 41.8 Å². The van der Waals surface area contributed by atoms with E-state index in [1.54, 1.807) is 44.6 Å². The highest BCUT2D eigenvalue weighted by atomic mass is 32.2. The minimum absolute atomic E-state index is 0.214. The van der Waals surface area contributed by atoms with Crippen molar-refractivity contribution in [3.05, 3.63) is 48.0 Å². The molecule has 1 aliphatic rings.